The van der Waals surface area contributed by atoms with Crippen molar-refractivity contribution in [2.45, 2.75) is 13.5 Å². The van der Waals surface area contributed by atoms with E-state index < -0.39 is 0 Å². The van der Waals surface area contributed by atoms with Crippen LogP contribution in [0.2, 0.25) is 0 Å². The fourth-order valence-electron chi connectivity index (χ4n) is 3.66. The molecule has 0 aliphatic carbocycles. The largest absolute Gasteiger partial charge is 0.348 e. The number of nitrogens with one attached hydrogen (secondary N) is 2. The molecule has 0 saturated carbocycles. The molecule has 5 rings (SSSR count). The number of aromatic nitrogens is 3. The van der Waals surface area contributed by atoms with Gasteiger partial charge in [-0.3, -0.25) is 19.7 Å². The number of H-pyrrole nitrogens is 1. The maximum Gasteiger partial charge on any atom is 0.280 e. The van der Waals surface area contributed by atoms with Crippen LogP contribution in [-0.2, 0) is 6.54 Å². The Labute approximate surface area is 182 Å². The number of hydrogen-bond donors (Lipinski definition) is 2. The standard InChI is InChI=1S/C25H19FN4O2/c1-15-2-4-16(5-3-15)13-28-24(31)17-6-11-22-20(12-17)23-21(14-27-22)25(32)30(29-23)19-9-7-18(26)8-10-19/h2-12,14,29H,13H2,1H3,(H,28,31). The van der Waals surface area contributed by atoms with Crippen LogP contribution in [0.5, 0.6) is 0 Å². The average Bonchev–Trinajstić information content (AvgIpc) is 3.15. The number of pyridine rings is 1. The van der Waals surface area contributed by atoms with Gasteiger partial charge in [0.15, 0.2) is 0 Å². The third-order valence-corrected chi connectivity index (χ3v) is 5.45. The number of nitrogens with zero attached hydrogens (tertiary/aromatic N) is 2. The molecule has 0 atom stereocenters. The minimum absolute atomic E-state index is 0.218. The molecule has 0 aliphatic rings. The molecule has 0 saturated heterocycles. The molecular weight excluding hydrogens is 407 g/mol. The Morgan fingerprint density at radius 3 is 2.53 bits per heavy atom. The number of halogens is 1. The molecule has 0 bridgehead atoms. The Hall–Kier alpha value is -4.26. The van der Waals surface area contributed by atoms with Gasteiger partial charge < -0.3 is 5.32 Å². The van der Waals surface area contributed by atoms with Gasteiger partial charge in [0.25, 0.3) is 11.5 Å². The summed E-state index contributed by atoms with van der Waals surface area (Å²) < 4.78 is 14.6. The van der Waals surface area contributed by atoms with E-state index in [1.165, 1.54) is 35.1 Å². The molecule has 6 nitrogen and oxygen atoms in total. The molecule has 0 aliphatic heterocycles. The van der Waals surface area contributed by atoms with Crippen molar-refractivity contribution in [3.63, 3.8) is 0 Å². The molecule has 1 amide bonds. The highest BCUT2D eigenvalue weighted by Gasteiger charge is 2.14. The van der Waals surface area contributed by atoms with E-state index in [4.69, 9.17) is 0 Å². The molecule has 7 heteroatoms. The molecule has 2 N–H and O–H groups in total. The summed E-state index contributed by atoms with van der Waals surface area (Å²) in [5.74, 6) is -0.601. The smallest absolute Gasteiger partial charge is 0.280 e. The van der Waals surface area contributed by atoms with E-state index in [1.54, 1.807) is 18.2 Å². The number of carbonyl (C=O) groups excluding carboxylic acids is 1. The number of fused-ring (bicyclic) bond motifs is 3. The summed E-state index contributed by atoms with van der Waals surface area (Å²) in [6, 6.07) is 18.8. The van der Waals surface area contributed by atoms with Crippen LogP contribution in [0.4, 0.5) is 4.39 Å². The molecule has 3 aromatic carbocycles. The first-order valence-electron chi connectivity index (χ1n) is 10.1. The maximum atomic E-state index is 13.3. The van der Waals surface area contributed by atoms with E-state index in [0.717, 1.165) is 11.1 Å². The van der Waals surface area contributed by atoms with Gasteiger partial charge in [-0.25, -0.2) is 9.07 Å². The molecule has 0 radical (unpaired) electrons. The van der Waals surface area contributed by atoms with Crippen LogP contribution < -0.4 is 10.9 Å². The van der Waals surface area contributed by atoms with Crippen LogP contribution in [-0.4, -0.2) is 20.7 Å². The van der Waals surface area contributed by atoms with Crippen molar-refractivity contribution in [3.05, 3.63) is 106 Å². The number of hydrogen-bond acceptors (Lipinski definition) is 3. The second kappa shape index (κ2) is 7.77. The highest BCUT2D eigenvalue weighted by Crippen LogP contribution is 2.22. The minimum atomic E-state index is -0.383. The lowest BCUT2D eigenvalue weighted by Gasteiger charge is -2.07. The van der Waals surface area contributed by atoms with Crippen molar-refractivity contribution in [2.75, 3.05) is 0 Å². The number of rotatable bonds is 4. The fourth-order valence-corrected chi connectivity index (χ4v) is 3.66. The van der Waals surface area contributed by atoms with Gasteiger partial charge in [0, 0.05) is 23.7 Å². The molecule has 32 heavy (non-hydrogen) atoms. The quantitative estimate of drug-likeness (QED) is 0.451. The molecule has 5 aromatic rings. The number of benzene rings is 3. The zero-order valence-corrected chi connectivity index (χ0v) is 17.2. The van der Waals surface area contributed by atoms with Crippen LogP contribution in [0.3, 0.4) is 0 Å². The van der Waals surface area contributed by atoms with Gasteiger partial charge in [0.05, 0.1) is 22.1 Å². The first-order chi connectivity index (χ1) is 15.5. The Morgan fingerprint density at radius 2 is 1.78 bits per heavy atom. The van der Waals surface area contributed by atoms with Crippen LogP contribution in [0.25, 0.3) is 27.5 Å². The van der Waals surface area contributed by atoms with E-state index in [-0.39, 0.29) is 17.3 Å². The number of aryl methyl sites for hydroxylation is 1. The second-order valence-electron chi connectivity index (χ2n) is 7.68. The molecule has 0 spiro atoms. The zero-order chi connectivity index (χ0) is 22.2. The van der Waals surface area contributed by atoms with E-state index >= 15 is 0 Å². The normalized spacial score (nSPS) is 11.2. The number of aromatic amines is 1. The number of amides is 1. The lowest BCUT2D eigenvalue weighted by molar-refractivity contribution is 0.0951. The molecule has 0 fully saturated rings. The van der Waals surface area contributed by atoms with Gasteiger partial charge in [0.2, 0.25) is 0 Å². The van der Waals surface area contributed by atoms with Gasteiger partial charge >= 0.3 is 0 Å². The molecule has 158 valence electrons. The monoisotopic (exact) mass is 426 g/mol. The molecule has 2 heterocycles. The number of carbonyl (C=O) groups is 1. The summed E-state index contributed by atoms with van der Waals surface area (Å²) in [5.41, 5.74) is 4.07. The Kier molecular flexibility index (Phi) is 4.78. The van der Waals surface area contributed by atoms with Crippen LogP contribution >= 0.6 is 0 Å². The zero-order valence-electron chi connectivity index (χ0n) is 17.2. The third-order valence-electron chi connectivity index (χ3n) is 5.45. The lowest BCUT2D eigenvalue weighted by Crippen LogP contribution is -2.22. The fraction of sp³-hybridized carbons (Fsp3) is 0.0800. The first kappa shape index (κ1) is 19.7. The summed E-state index contributed by atoms with van der Waals surface area (Å²) in [7, 11) is 0. The Morgan fingerprint density at radius 1 is 1.03 bits per heavy atom. The molecule has 0 unspecified atom stereocenters. The van der Waals surface area contributed by atoms with Crippen molar-refractivity contribution in [1.29, 1.82) is 0 Å². The SMILES string of the molecule is Cc1ccc(CNC(=O)c2ccc3ncc4c(=O)n(-c5ccc(F)cc5)[nH]c4c3c2)cc1. The van der Waals surface area contributed by atoms with Gasteiger partial charge in [-0.05, 0) is 55.0 Å². The Bertz CT molecular complexity index is 1520. The van der Waals surface area contributed by atoms with Crippen LogP contribution in [0.15, 0.2) is 77.7 Å². The third kappa shape index (κ3) is 3.54. The molecule has 2 aromatic heterocycles. The van der Waals surface area contributed by atoms with Crippen molar-refractivity contribution < 1.29 is 9.18 Å². The Balaban J connectivity index is 1.52. The van der Waals surface area contributed by atoms with E-state index in [1.807, 2.05) is 31.2 Å². The van der Waals surface area contributed by atoms with Crippen LogP contribution in [0.1, 0.15) is 21.5 Å². The van der Waals surface area contributed by atoms with Gasteiger partial charge in [0.1, 0.15) is 5.82 Å². The average molecular weight is 426 g/mol. The van der Waals surface area contributed by atoms with Gasteiger partial charge in [-0.1, -0.05) is 29.8 Å². The first-order valence-corrected chi connectivity index (χ1v) is 10.1. The summed E-state index contributed by atoms with van der Waals surface area (Å²) >= 11 is 0. The van der Waals surface area contributed by atoms with Crippen molar-refractivity contribution >= 4 is 27.7 Å². The van der Waals surface area contributed by atoms with E-state index in [0.29, 0.717) is 39.6 Å². The maximum absolute atomic E-state index is 13.3. The predicted molar refractivity (Wildman–Crippen MR) is 122 cm³/mol. The van der Waals surface area contributed by atoms with Gasteiger partial charge in [-0.2, -0.15) is 0 Å². The van der Waals surface area contributed by atoms with Crippen molar-refractivity contribution in [3.8, 4) is 5.69 Å². The minimum Gasteiger partial charge on any atom is -0.348 e. The van der Waals surface area contributed by atoms with Gasteiger partial charge in [-0.15, -0.1) is 0 Å². The molecular formula is C25H19FN4O2. The van der Waals surface area contributed by atoms with Crippen LogP contribution in [0, 0.1) is 12.7 Å². The summed E-state index contributed by atoms with van der Waals surface area (Å²) in [6.45, 7) is 2.43. The summed E-state index contributed by atoms with van der Waals surface area (Å²) in [4.78, 5) is 30.0. The highest BCUT2D eigenvalue weighted by atomic mass is 19.1. The topological polar surface area (TPSA) is 79.8 Å². The lowest BCUT2D eigenvalue weighted by atomic mass is 10.1. The summed E-state index contributed by atoms with van der Waals surface area (Å²) in [6.07, 6.45) is 1.51. The second-order valence-corrected chi connectivity index (χ2v) is 7.68. The van der Waals surface area contributed by atoms with Crippen molar-refractivity contribution in [2.24, 2.45) is 0 Å². The van der Waals surface area contributed by atoms with E-state index in [2.05, 4.69) is 15.4 Å². The summed E-state index contributed by atoms with van der Waals surface area (Å²) in [5, 5.41) is 7.05. The predicted octanol–water partition coefficient (Wildman–Crippen LogP) is 4.24. The van der Waals surface area contributed by atoms with Crippen molar-refractivity contribution in [1.82, 2.24) is 20.1 Å². The van der Waals surface area contributed by atoms with E-state index in [9.17, 15) is 14.0 Å². The highest BCUT2D eigenvalue weighted by molar-refractivity contribution is 6.06.